The third-order valence-corrected chi connectivity index (χ3v) is 6.17. The number of benzene rings is 2. The minimum atomic E-state index is -0.293. The van der Waals surface area contributed by atoms with E-state index in [1.165, 1.54) is 12.1 Å². The quantitative estimate of drug-likeness (QED) is 0.480. The van der Waals surface area contributed by atoms with E-state index in [9.17, 15) is 14.0 Å². The Morgan fingerprint density at radius 3 is 2.39 bits per heavy atom. The van der Waals surface area contributed by atoms with Gasteiger partial charge in [-0.25, -0.2) is 4.39 Å². The molecule has 0 aliphatic carbocycles. The average molecular weight is 492 g/mol. The summed E-state index contributed by atoms with van der Waals surface area (Å²) in [5.41, 5.74) is 1.97. The fraction of sp³-hybridized carbons (Fsp3) is 0.333. The normalized spacial score (nSPS) is 13.4. The van der Waals surface area contributed by atoms with Crippen molar-refractivity contribution in [3.05, 3.63) is 72.0 Å². The van der Waals surface area contributed by atoms with Crippen molar-refractivity contribution in [2.24, 2.45) is 0 Å². The number of ether oxygens (including phenoxy) is 1. The van der Waals surface area contributed by atoms with E-state index in [1.54, 1.807) is 53.3 Å². The van der Waals surface area contributed by atoms with Gasteiger partial charge >= 0.3 is 0 Å². The Bertz CT molecular complexity index is 1180. The number of piperazine rings is 1. The summed E-state index contributed by atoms with van der Waals surface area (Å²) in [5, 5.41) is 8.61. The van der Waals surface area contributed by atoms with Crippen molar-refractivity contribution in [1.82, 2.24) is 20.0 Å². The summed E-state index contributed by atoms with van der Waals surface area (Å²) in [4.78, 5) is 31.6. The summed E-state index contributed by atoms with van der Waals surface area (Å²) in [6, 6.07) is 16.9. The number of halogens is 1. The zero-order chi connectivity index (χ0) is 25.5. The van der Waals surface area contributed by atoms with Gasteiger partial charge in [0.1, 0.15) is 18.1 Å². The summed E-state index contributed by atoms with van der Waals surface area (Å²) < 4.78 is 18.4. The van der Waals surface area contributed by atoms with Gasteiger partial charge in [0.25, 0.3) is 5.91 Å². The van der Waals surface area contributed by atoms with Crippen molar-refractivity contribution in [2.45, 2.75) is 13.3 Å². The number of carbonyl (C=O) groups is 2. The van der Waals surface area contributed by atoms with Gasteiger partial charge in [0.05, 0.1) is 12.8 Å². The molecule has 0 bridgehead atoms. The van der Waals surface area contributed by atoms with Crippen LogP contribution in [0.25, 0.3) is 11.3 Å². The number of amides is 2. The highest BCUT2D eigenvalue weighted by molar-refractivity contribution is 5.96. The van der Waals surface area contributed by atoms with Gasteiger partial charge in [-0.2, -0.15) is 0 Å². The summed E-state index contributed by atoms with van der Waals surface area (Å²) >= 11 is 0. The molecule has 0 atom stereocenters. The monoisotopic (exact) mass is 491 g/mol. The molecule has 8 nitrogen and oxygen atoms in total. The topological polar surface area (TPSA) is 78.9 Å². The molecule has 9 heteroatoms. The molecule has 2 aromatic carbocycles. The fourth-order valence-corrected chi connectivity index (χ4v) is 4.18. The minimum Gasteiger partial charge on any atom is -0.497 e. The Labute approximate surface area is 210 Å². The standard InChI is InChI=1S/C27H30FN5O3/c1-3-13-33(27(35)21-5-4-6-23(18-21)36-2)19-26(34)32-16-14-31(15-17-32)25-12-11-24(29-30-25)20-7-9-22(28)10-8-20/h4-12,18H,3,13-17,19H2,1-2H3. The van der Waals surface area contributed by atoms with Gasteiger partial charge in [-0.05, 0) is 61.0 Å². The minimum absolute atomic E-state index is 0.0378. The molecule has 36 heavy (non-hydrogen) atoms. The van der Waals surface area contributed by atoms with Crippen molar-refractivity contribution in [1.29, 1.82) is 0 Å². The molecule has 1 aliphatic heterocycles. The maximum absolute atomic E-state index is 13.2. The van der Waals surface area contributed by atoms with Crippen LogP contribution in [0.1, 0.15) is 23.7 Å². The molecule has 1 fully saturated rings. The maximum atomic E-state index is 13.2. The van der Waals surface area contributed by atoms with Crippen LogP contribution in [0.3, 0.4) is 0 Å². The van der Waals surface area contributed by atoms with Crippen molar-refractivity contribution in [3.63, 3.8) is 0 Å². The van der Waals surface area contributed by atoms with E-state index in [2.05, 4.69) is 15.1 Å². The number of nitrogens with zero attached hydrogens (tertiary/aromatic N) is 5. The van der Waals surface area contributed by atoms with E-state index in [1.807, 2.05) is 19.1 Å². The molecule has 0 saturated carbocycles. The highest BCUT2D eigenvalue weighted by atomic mass is 19.1. The van der Waals surface area contributed by atoms with Crippen molar-refractivity contribution in [2.75, 3.05) is 51.3 Å². The predicted octanol–water partition coefficient (Wildman–Crippen LogP) is 3.49. The first-order valence-corrected chi connectivity index (χ1v) is 12.0. The Balaban J connectivity index is 1.34. The molecule has 4 rings (SSSR count). The first-order chi connectivity index (χ1) is 17.5. The van der Waals surface area contributed by atoms with Crippen molar-refractivity contribution >= 4 is 17.6 Å². The molecule has 1 aromatic heterocycles. The predicted molar refractivity (Wildman–Crippen MR) is 135 cm³/mol. The van der Waals surface area contributed by atoms with E-state index in [0.717, 1.165) is 17.8 Å². The summed E-state index contributed by atoms with van der Waals surface area (Å²) in [6.45, 7) is 4.83. The third-order valence-electron chi connectivity index (χ3n) is 6.17. The molecule has 3 aromatic rings. The SMILES string of the molecule is CCCN(CC(=O)N1CCN(c2ccc(-c3ccc(F)cc3)nn2)CC1)C(=O)c1cccc(OC)c1. The maximum Gasteiger partial charge on any atom is 0.254 e. The van der Waals surface area contributed by atoms with E-state index in [0.29, 0.717) is 49.7 Å². The van der Waals surface area contributed by atoms with E-state index in [-0.39, 0.29) is 24.2 Å². The second-order valence-electron chi connectivity index (χ2n) is 8.61. The first-order valence-electron chi connectivity index (χ1n) is 12.0. The Kier molecular flexibility index (Phi) is 8.10. The largest absolute Gasteiger partial charge is 0.497 e. The van der Waals surface area contributed by atoms with Crippen LogP contribution in [0.2, 0.25) is 0 Å². The lowest BCUT2D eigenvalue weighted by molar-refractivity contribution is -0.132. The van der Waals surface area contributed by atoms with Gasteiger partial charge < -0.3 is 19.4 Å². The van der Waals surface area contributed by atoms with Crippen LogP contribution in [-0.2, 0) is 4.79 Å². The summed E-state index contributed by atoms with van der Waals surface area (Å²) in [7, 11) is 1.56. The highest BCUT2D eigenvalue weighted by Crippen LogP contribution is 2.20. The second kappa shape index (κ2) is 11.6. The lowest BCUT2D eigenvalue weighted by Gasteiger charge is -2.36. The molecule has 0 unspecified atom stereocenters. The van der Waals surface area contributed by atoms with Crippen LogP contribution in [0.5, 0.6) is 5.75 Å². The van der Waals surface area contributed by atoms with Crippen LogP contribution in [0.15, 0.2) is 60.7 Å². The Morgan fingerprint density at radius 1 is 1.00 bits per heavy atom. The molecule has 2 amide bonds. The Hall–Kier alpha value is -4.01. The summed E-state index contributed by atoms with van der Waals surface area (Å²) in [6.07, 6.45) is 0.753. The van der Waals surface area contributed by atoms with E-state index < -0.39 is 0 Å². The number of rotatable bonds is 8. The van der Waals surface area contributed by atoms with Gasteiger partial charge in [-0.3, -0.25) is 9.59 Å². The highest BCUT2D eigenvalue weighted by Gasteiger charge is 2.26. The molecular formula is C27H30FN5O3. The zero-order valence-corrected chi connectivity index (χ0v) is 20.6. The molecule has 1 saturated heterocycles. The van der Waals surface area contributed by atoms with Gasteiger partial charge in [-0.15, -0.1) is 10.2 Å². The lowest BCUT2D eigenvalue weighted by Crippen LogP contribution is -2.52. The molecule has 2 heterocycles. The number of hydrogen-bond donors (Lipinski definition) is 0. The Morgan fingerprint density at radius 2 is 1.75 bits per heavy atom. The number of aromatic nitrogens is 2. The van der Waals surface area contributed by atoms with Crippen LogP contribution in [0.4, 0.5) is 10.2 Å². The molecule has 0 spiro atoms. The number of methoxy groups -OCH3 is 1. The van der Waals surface area contributed by atoms with Crippen LogP contribution in [0, 0.1) is 5.82 Å². The van der Waals surface area contributed by atoms with Gasteiger partial charge in [-0.1, -0.05) is 13.0 Å². The lowest BCUT2D eigenvalue weighted by atomic mass is 10.1. The molecule has 188 valence electrons. The molecule has 1 aliphatic rings. The smallest absolute Gasteiger partial charge is 0.254 e. The van der Waals surface area contributed by atoms with Crippen molar-refractivity contribution in [3.8, 4) is 17.0 Å². The van der Waals surface area contributed by atoms with E-state index >= 15 is 0 Å². The van der Waals surface area contributed by atoms with Crippen LogP contribution < -0.4 is 9.64 Å². The zero-order valence-electron chi connectivity index (χ0n) is 20.6. The second-order valence-corrected chi connectivity index (χ2v) is 8.61. The molecule has 0 radical (unpaired) electrons. The number of anilines is 1. The number of carbonyl (C=O) groups excluding carboxylic acids is 2. The van der Waals surface area contributed by atoms with Crippen LogP contribution in [-0.4, -0.2) is 78.2 Å². The number of hydrogen-bond acceptors (Lipinski definition) is 6. The van der Waals surface area contributed by atoms with Crippen molar-refractivity contribution < 1.29 is 18.7 Å². The summed E-state index contributed by atoms with van der Waals surface area (Å²) in [5.74, 6) is 0.789. The van der Waals surface area contributed by atoms with Gasteiger partial charge in [0, 0.05) is 43.9 Å². The first kappa shape index (κ1) is 25.1. The van der Waals surface area contributed by atoms with Crippen LogP contribution >= 0.6 is 0 Å². The van der Waals surface area contributed by atoms with Gasteiger partial charge in [0.15, 0.2) is 5.82 Å². The molecule has 0 N–H and O–H groups in total. The van der Waals surface area contributed by atoms with E-state index in [4.69, 9.17) is 4.74 Å². The molecular weight excluding hydrogens is 461 g/mol. The van der Waals surface area contributed by atoms with Gasteiger partial charge in [0.2, 0.25) is 5.91 Å². The average Bonchev–Trinajstić information content (AvgIpc) is 2.93. The third kappa shape index (κ3) is 5.97. The fourth-order valence-electron chi connectivity index (χ4n) is 4.18.